The smallest absolute Gasteiger partial charge is 0.136 e. The standard InChI is InChI=1S/C14H21FN4/c1-18-8-4-5-10(18)9-19(2)12-7-3-6-11(15)13(12)14(16)17/h3,6-7,10H,4-5,8-9H2,1-2H3,(H3,16,17). The molecule has 2 rings (SSSR count). The van der Waals surface area contributed by atoms with E-state index in [1.165, 1.54) is 12.5 Å². The average molecular weight is 264 g/mol. The monoisotopic (exact) mass is 264 g/mol. The number of nitrogen functional groups attached to an aromatic ring is 1. The molecule has 1 atom stereocenters. The number of hydrogen-bond acceptors (Lipinski definition) is 3. The molecule has 1 heterocycles. The lowest BCUT2D eigenvalue weighted by Gasteiger charge is -2.28. The molecule has 0 bridgehead atoms. The Labute approximate surface area is 113 Å². The summed E-state index contributed by atoms with van der Waals surface area (Å²) in [7, 11) is 4.04. The van der Waals surface area contributed by atoms with Gasteiger partial charge < -0.3 is 15.5 Å². The molecular weight excluding hydrogens is 243 g/mol. The van der Waals surface area contributed by atoms with Gasteiger partial charge in [-0.15, -0.1) is 0 Å². The third-order valence-electron chi connectivity index (χ3n) is 3.83. The minimum atomic E-state index is -0.434. The maximum Gasteiger partial charge on any atom is 0.136 e. The summed E-state index contributed by atoms with van der Waals surface area (Å²) < 4.78 is 13.8. The quantitative estimate of drug-likeness (QED) is 0.642. The number of rotatable bonds is 4. The summed E-state index contributed by atoms with van der Waals surface area (Å²) in [6, 6.07) is 5.30. The van der Waals surface area contributed by atoms with E-state index in [1.807, 2.05) is 18.0 Å². The maximum absolute atomic E-state index is 13.8. The fourth-order valence-electron chi connectivity index (χ4n) is 2.72. The topological polar surface area (TPSA) is 56.4 Å². The Balaban J connectivity index is 2.21. The van der Waals surface area contributed by atoms with Crippen LogP contribution >= 0.6 is 0 Å². The van der Waals surface area contributed by atoms with Gasteiger partial charge in [0.25, 0.3) is 0 Å². The van der Waals surface area contributed by atoms with Gasteiger partial charge in [0, 0.05) is 19.6 Å². The first-order valence-corrected chi connectivity index (χ1v) is 6.55. The predicted octanol–water partition coefficient (Wildman–Crippen LogP) is 1.64. The van der Waals surface area contributed by atoms with Gasteiger partial charge in [0.1, 0.15) is 11.7 Å². The van der Waals surface area contributed by atoms with Crippen molar-refractivity contribution in [2.24, 2.45) is 5.73 Å². The molecule has 1 aliphatic rings. The normalized spacial score (nSPS) is 19.6. The van der Waals surface area contributed by atoms with Crippen molar-refractivity contribution in [2.45, 2.75) is 18.9 Å². The lowest BCUT2D eigenvalue weighted by atomic mass is 10.1. The van der Waals surface area contributed by atoms with Crippen molar-refractivity contribution in [3.63, 3.8) is 0 Å². The second kappa shape index (κ2) is 5.57. The first kappa shape index (κ1) is 13.8. The Kier molecular flexibility index (Phi) is 4.04. The van der Waals surface area contributed by atoms with Gasteiger partial charge in [-0.2, -0.15) is 0 Å². The number of benzene rings is 1. The Hall–Kier alpha value is -1.62. The highest BCUT2D eigenvalue weighted by atomic mass is 19.1. The molecule has 1 saturated heterocycles. The molecule has 0 aliphatic carbocycles. The number of likely N-dealkylation sites (tertiary alicyclic amines) is 1. The number of halogens is 1. The van der Waals surface area contributed by atoms with Gasteiger partial charge in [0.2, 0.25) is 0 Å². The highest BCUT2D eigenvalue weighted by molar-refractivity contribution is 6.00. The molecule has 104 valence electrons. The molecule has 3 N–H and O–H groups in total. The van der Waals surface area contributed by atoms with Gasteiger partial charge in [-0.05, 0) is 38.6 Å². The summed E-state index contributed by atoms with van der Waals surface area (Å²) in [6.07, 6.45) is 2.36. The number of nitrogens with two attached hydrogens (primary N) is 1. The van der Waals surface area contributed by atoms with Crippen molar-refractivity contribution in [3.8, 4) is 0 Å². The summed E-state index contributed by atoms with van der Waals surface area (Å²) in [6.45, 7) is 1.93. The zero-order chi connectivity index (χ0) is 14.0. The van der Waals surface area contributed by atoms with Gasteiger partial charge in [0.05, 0.1) is 11.3 Å². The Morgan fingerprint density at radius 2 is 2.32 bits per heavy atom. The lowest BCUT2D eigenvalue weighted by molar-refractivity contribution is 0.314. The molecule has 0 aromatic heterocycles. The van der Waals surface area contributed by atoms with Gasteiger partial charge in [-0.3, -0.25) is 5.41 Å². The number of nitrogens with one attached hydrogen (secondary N) is 1. The highest BCUT2D eigenvalue weighted by Crippen LogP contribution is 2.24. The molecule has 4 nitrogen and oxygen atoms in total. The number of anilines is 1. The summed E-state index contributed by atoms with van der Waals surface area (Å²) in [5.41, 5.74) is 6.38. The van der Waals surface area contributed by atoms with Crippen LogP contribution in [0.3, 0.4) is 0 Å². The van der Waals surface area contributed by atoms with E-state index in [0.717, 1.165) is 19.5 Å². The van der Waals surface area contributed by atoms with Crippen LogP contribution in [0.2, 0.25) is 0 Å². The van der Waals surface area contributed by atoms with Crippen molar-refractivity contribution in [1.29, 1.82) is 5.41 Å². The summed E-state index contributed by atoms with van der Waals surface area (Å²) in [4.78, 5) is 4.32. The number of likely N-dealkylation sites (N-methyl/N-ethyl adjacent to an activating group) is 2. The van der Waals surface area contributed by atoms with Crippen LogP contribution < -0.4 is 10.6 Å². The van der Waals surface area contributed by atoms with Crippen LogP contribution in [-0.4, -0.2) is 44.0 Å². The van der Waals surface area contributed by atoms with E-state index in [-0.39, 0.29) is 11.4 Å². The van der Waals surface area contributed by atoms with E-state index in [9.17, 15) is 4.39 Å². The number of nitrogens with zero attached hydrogens (tertiary/aromatic N) is 2. The highest BCUT2D eigenvalue weighted by Gasteiger charge is 2.23. The van der Waals surface area contributed by atoms with E-state index >= 15 is 0 Å². The SMILES string of the molecule is CN(CC1CCCN1C)c1cccc(F)c1C(=N)N. The number of amidine groups is 1. The molecule has 0 radical (unpaired) electrons. The van der Waals surface area contributed by atoms with Gasteiger partial charge in [-0.1, -0.05) is 6.07 Å². The maximum atomic E-state index is 13.8. The van der Waals surface area contributed by atoms with E-state index in [4.69, 9.17) is 11.1 Å². The molecule has 0 spiro atoms. The fraction of sp³-hybridized carbons (Fsp3) is 0.500. The van der Waals surface area contributed by atoms with Crippen molar-refractivity contribution in [1.82, 2.24) is 4.90 Å². The third kappa shape index (κ3) is 2.87. The van der Waals surface area contributed by atoms with Crippen LogP contribution in [0.1, 0.15) is 18.4 Å². The van der Waals surface area contributed by atoms with Crippen LogP contribution in [0.15, 0.2) is 18.2 Å². The molecule has 0 saturated carbocycles. The number of hydrogen-bond donors (Lipinski definition) is 2. The summed E-state index contributed by atoms with van der Waals surface area (Å²) >= 11 is 0. The molecule has 5 heteroatoms. The van der Waals surface area contributed by atoms with Crippen molar-refractivity contribution < 1.29 is 4.39 Å². The van der Waals surface area contributed by atoms with Crippen molar-refractivity contribution in [3.05, 3.63) is 29.6 Å². The van der Waals surface area contributed by atoms with Crippen LogP contribution in [0.4, 0.5) is 10.1 Å². The minimum Gasteiger partial charge on any atom is -0.384 e. The molecule has 1 fully saturated rings. The van der Waals surface area contributed by atoms with E-state index < -0.39 is 5.82 Å². The Bertz CT molecular complexity index is 475. The van der Waals surface area contributed by atoms with Crippen molar-refractivity contribution in [2.75, 3.05) is 32.1 Å². The fourth-order valence-corrected chi connectivity index (χ4v) is 2.72. The second-order valence-corrected chi connectivity index (χ2v) is 5.20. The predicted molar refractivity (Wildman–Crippen MR) is 76.3 cm³/mol. The molecule has 1 aliphatic heterocycles. The van der Waals surface area contributed by atoms with Gasteiger partial charge in [-0.25, -0.2) is 4.39 Å². The molecule has 0 amide bonds. The third-order valence-corrected chi connectivity index (χ3v) is 3.83. The molecule has 19 heavy (non-hydrogen) atoms. The minimum absolute atomic E-state index is 0.200. The average Bonchev–Trinajstić information content (AvgIpc) is 2.74. The lowest BCUT2D eigenvalue weighted by Crippen LogP contribution is -2.37. The molecule has 1 aromatic rings. The van der Waals surface area contributed by atoms with E-state index in [2.05, 4.69) is 11.9 Å². The first-order valence-electron chi connectivity index (χ1n) is 6.55. The largest absolute Gasteiger partial charge is 0.384 e. The van der Waals surface area contributed by atoms with Crippen molar-refractivity contribution >= 4 is 11.5 Å². The van der Waals surface area contributed by atoms with E-state index in [0.29, 0.717) is 11.7 Å². The van der Waals surface area contributed by atoms with Crippen LogP contribution in [-0.2, 0) is 0 Å². The Morgan fingerprint density at radius 1 is 1.58 bits per heavy atom. The van der Waals surface area contributed by atoms with Crippen LogP contribution in [0.25, 0.3) is 0 Å². The molecule has 1 aromatic carbocycles. The van der Waals surface area contributed by atoms with Gasteiger partial charge in [0.15, 0.2) is 0 Å². The molecule has 1 unspecified atom stereocenters. The van der Waals surface area contributed by atoms with Crippen LogP contribution in [0, 0.1) is 11.2 Å². The first-order chi connectivity index (χ1) is 9.00. The van der Waals surface area contributed by atoms with Gasteiger partial charge >= 0.3 is 0 Å². The summed E-state index contributed by atoms with van der Waals surface area (Å²) in [5, 5.41) is 7.54. The van der Waals surface area contributed by atoms with Crippen LogP contribution in [0.5, 0.6) is 0 Å². The Morgan fingerprint density at radius 3 is 2.89 bits per heavy atom. The zero-order valence-corrected chi connectivity index (χ0v) is 11.5. The second-order valence-electron chi connectivity index (χ2n) is 5.20. The molecular formula is C14H21FN4. The zero-order valence-electron chi connectivity index (χ0n) is 11.5. The summed E-state index contributed by atoms with van der Waals surface area (Å²) in [5.74, 6) is -0.656. The van der Waals surface area contributed by atoms with E-state index in [1.54, 1.807) is 6.07 Å².